The molecule has 50 heavy (non-hydrogen) atoms. The van der Waals surface area contributed by atoms with E-state index in [4.69, 9.17) is 0 Å². The van der Waals surface area contributed by atoms with Gasteiger partial charge >= 0.3 is 0 Å². The van der Waals surface area contributed by atoms with Crippen LogP contribution in [0.5, 0.6) is 0 Å². The number of hydrogen-bond donors (Lipinski definition) is 0. The lowest BCUT2D eigenvalue weighted by Crippen LogP contribution is -2.05. The highest BCUT2D eigenvalue weighted by atomic mass is 15.0. The van der Waals surface area contributed by atoms with Crippen molar-refractivity contribution < 1.29 is 0 Å². The van der Waals surface area contributed by atoms with Crippen LogP contribution in [0, 0.1) is 34.0 Å². The molecule has 0 N–H and O–H groups in total. The lowest BCUT2D eigenvalue weighted by atomic mass is 9.93. The number of aromatic nitrogens is 2. The summed E-state index contributed by atoms with van der Waals surface area (Å²) in [7, 11) is 0. The first-order chi connectivity index (χ1) is 24.7. The Morgan fingerprint density at radius 2 is 1.18 bits per heavy atom. The molecule has 0 atom stereocenters. The summed E-state index contributed by atoms with van der Waals surface area (Å²) in [6.45, 7) is 0. The van der Waals surface area contributed by atoms with Gasteiger partial charge in [0.2, 0.25) is 0 Å². The van der Waals surface area contributed by atoms with Crippen molar-refractivity contribution in [3.8, 4) is 51.8 Å². The second-order valence-electron chi connectivity index (χ2n) is 12.6. The van der Waals surface area contributed by atoms with Crippen molar-refractivity contribution in [2.75, 3.05) is 0 Å². The van der Waals surface area contributed by atoms with Crippen LogP contribution in [0.4, 0.5) is 0 Å². The molecule has 5 nitrogen and oxygen atoms in total. The van der Waals surface area contributed by atoms with E-state index in [1.165, 1.54) is 16.6 Å². The van der Waals surface area contributed by atoms with E-state index in [0.29, 0.717) is 16.7 Å². The minimum absolute atomic E-state index is 0.568. The van der Waals surface area contributed by atoms with Crippen LogP contribution in [-0.4, -0.2) is 9.13 Å². The Kier molecular flexibility index (Phi) is 6.70. The summed E-state index contributed by atoms with van der Waals surface area (Å²) >= 11 is 0. The number of benzene rings is 6. The topological polar surface area (TPSA) is 81.2 Å². The predicted octanol–water partition coefficient (Wildman–Crippen LogP) is 10.6. The van der Waals surface area contributed by atoms with E-state index < -0.39 is 0 Å². The van der Waals surface area contributed by atoms with Crippen LogP contribution in [0.15, 0.2) is 133 Å². The zero-order valence-electron chi connectivity index (χ0n) is 26.9. The Bertz CT molecular complexity index is 2840. The third kappa shape index (κ3) is 4.45. The van der Waals surface area contributed by atoms with E-state index in [0.717, 1.165) is 73.8 Å². The average Bonchev–Trinajstić information content (AvgIpc) is 3.70. The Balaban J connectivity index is 1.15. The van der Waals surface area contributed by atoms with E-state index in [9.17, 15) is 15.8 Å². The average molecular weight is 638 g/mol. The Morgan fingerprint density at radius 1 is 0.520 bits per heavy atom. The maximum Gasteiger partial charge on any atom is 0.0998 e. The first-order valence-electron chi connectivity index (χ1n) is 16.6. The van der Waals surface area contributed by atoms with Crippen LogP contribution in [0.25, 0.3) is 72.4 Å². The molecule has 6 aromatic carbocycles. The van der Waals surface area contributed by atoms with Gasteiger partial charge < -0.3 is 9.13 Å². The number of allylic oxidation sites excluding steroid dienone is 1. The summed E-state index contributed by atoms with van der Waals surface area (Å²) in [6, 6.07) is 49.8. The fourth-order valence-electron chi connectivity index (χ4n) is 7.64. The van der Waals surface area contributed by atoms with Gasteiger partial charge in [0, 0.05) is 44.2 Å². The zero-order valence-corrected chi connectivity index (χ0v) is 26.9. The summed E-state index contributed by atoms with van der Waals surface area (Å²) in [5.41, 5.74) is 13.0. The van der Waals surface area contributed by atoms with Gasteiger partial charge in [0.25, 0.3) is 0 Å². The number of hydrogen-bond acceptors (Lipinski definition) is 3. The molecule has 232 valence electrons. The second kappa shape index (κ2) is 11.5. The van der Waals surface area contributed by atoms with Crippen LogP contribution in [0.1, 0.15) is 34.4 Å². The maximum atomic E-state index is 10.5. The van der Waals surface area contributed by atoms with Crippen molar-refractivity contribution in [2.24, 2.45) is 0 Å². The molecule has 0 amide bonds. The Morgan fingerprint density at radius 3 is 1.96 bits per heavy atom. The zero-order chi connectivity index (χ0) is 33.8. The molecule has 0 unspecified atom stereocenters. The van der Waals surface area contributed by atoms with Crippen molar-refractivity contribution in [3.63, 3.8) is 0 Å². The molecule has 2 aromatic heterocycles. The van der Waals surface area contributed by atoms with E-state index in [2.05, 4.69) is 100 Å². The lowest BCUT2D eigenvalue weighted by Gasteiger charge is -2.18. The molecule has 0 bridgehead atoms. The SMILES string of the molecule is N#Cc1ccc(-c2ccc(-c3ccc(-n4c5ccccc5c5cc(C#N)ccc54)cc3)cc2C#N)c(-n2c3c(c4ccccc42)C=CCC3)c1. The van der Waals surface area contributed by atoms with E-state index in [1.807, 2.05) is 66.7 Å². The highest BCUT2D eigenvalue weighted by Gasteiger charge is 2.22. The third-order valence-electron chi connectivity index (χ3n) is 9.91. The number of nitriles is 3. The minimum atomic E-state index is 0.568. The van der Waals surface area contributed by atoms with Crippen LogP contribution >= 0.6 is 0 Å². The van der Waals surface area contributed by atoms with Crippen LogP contribution in [0.3, 0.4) is 0 Å². The van der Waals surface area contributed by atoms with Crippen molar-refractivity contribution in [2.45, 2.75) is 12.8 Å². The molecule has 0 saturated carbocycles. The molecular weight excluding hydrogens is 611 g/mol. The molecule has 0 radical (unpaired) electrons. The molecule has 1 aliphatic carbocycles. The summed E-state index contributed by atoms with van der Waals surface area (Å²) < 4.78 is 4.51. The molecule has 0 fully saturated rings. The fraction of sp³-hybridized carbons (Fsp3) is 0.0444. The normalized spacial score (nSPS) is 12.1. The quantitative estimate of drug-likeness (QED) is 0.193. The van der Waals surface area contributed by atoms with Crippen LogP contribution in [0.2, 0.25) is 0 Å². The van der Waals surface area contributed by atoms with Crippen molar-refractivity contribution in [3.05, 3.63) is 161 Å². The number of fused-ring (bicyclic) bond motifs is 6. The number of rotatable bonds is 4. The van der Waals surface area contributed by atoms with Crippen molar-refractivity contribution >= 4 is 38.8 Å². The van der Waals surface area contributed by atoms with E-state index in [1.54, 1.807) is 0 Å². The minimum Gasteiger partial charge on any atom is -0.312 e. The second-order valence-corrected chi connectivity index (χ2v) is 12.6. The van der Waals surface area contributed by atoms with Gasteiger partial charge in [0.15, 0.2) is 0 Å². The van der Waals surface area contributed by atoms with Gasteiger partial charge in [-0.2, -0.15) is 15.8 Å². The van der Waals surface area contributed by atoms with Crippen LogP contribution in [-0.2, 0) is 6.42 Å². The highest BCUT2D eigenvalue weighted by Crippen LogP contribution is 2.40. The molecule has 9 rings (SSSR count). The molecule has 0 aliphatic heterocycles. The van der Waals surface area contributed by atoms with Crippen molar-refractivity contribution in [1.29, 1.82) is 15.8 Å². The molecule has 0 saturated heterocycles. The summed E-state index contributed by atoms with van der Waals surface area (Å²) in [4.78, 5) is 0. The van der Waals surface area contributed by atoms with Gasteiger partial charge in [-0.1, -0.05) is 78.9 Å². The van der Waals surface area contributed by atoms with Gasteiger partial charge in [0.1, 0.15) is 0 Å². The maximum absolute atomic E-state index is 10.5. The Labute approximate surface area is 289 Å². The molecule has 1 aliphatic rings. The molecular formula is C45H27N5. The summed E-state index contributed by atoms with van der Waals surface area (Å²) in [5.74, 6) is 0. The first-order valence-corrected chi connectivity index (χ1v) is 16.6. The standard InChI is InChI=1S/C45H27N5/c46-26-29-14-22-44-40(23-29)38-9-3-4-10-41(38)49(44)34-18-15-31(16-19-34)32-17-21-35(33(25-32)28-48)39-20-13-30(27-47)24-45(39)50-42-11-5-1-7-36(42)37-8-2-6-12-43(37)50/h1-5,7-11,13-25H,6,12H2. The Hall–Kier alpha value is -7.13. The fourth-order valence-corrected chi connectivity index (χ4v) is 7.64. The number of para-hydroxylation sites is 2. The smallest absolute Gasteiger partial charge is 0.0998 e. The van der Waals surface area contributed by atoms with Gasteiger partial charge in [-0.05, 0) is 84.6 Å². The highest BCUT2D eigenvalue weighted by molar-refractivity contribution is 6.09. The van der Waals surface area contributed by atoms with E-state index in [-0.39, 0.29) is 0 Å². The largest absolute Gasteiger partial charge is 0.312 e. The van der Waals surface area contributed by atoms with E-state index >= 15 is 0 Å². The van der Waals surface area contributed by atoms with Crippen LogP contribution < -0.4 is 0 Å². The van der Waals surface area contributed by atoms with Gasteiger partial charge in [-0.25, -0.2) is 0 Å². The molecule has 8 aromatic rings. The lowest BCUT2D eigenvalue weighted by molar-refractivity contribution is 0.889. The summed E-state index contributed by atoms with van der Waals surface area (Å²) in [5, 5.41) is 33.3. The monoisotopic (exact) mass is 637 g/mol. The molecule has 5 heteroatoms. The predicted molar refractivity (Wildman–Crippen MR) is 200 cm³/mol. The first kappa shape index (κ1) is 29.0. The van der Waals surface area contributed by atoms with Crippen molar-refractivity contribution in [1.82, 2.24) is 9.13 Å². The molecule has 2 heterocycles. The van der Waals surface area contributed by atoms with Gasteiger partial charge in [0.05, 0.1) is 57.1 Å². The number of nitrogens with zero attached hydrogens (tertiary/aromatic N) is 5. The third-order valence-corrected chi connectivity index (χ3v) is 9.91. The van der Waals surface area contributed by atoms with Gasteiger partial charge in [-0.15, -0.1) is 0 Å². The van der Waals surface area contributed by atoms with Gasteiger partial charge in [-0.3, -0.25) is 0 Å². The molecule has 0 spiro atoms. The summed E-state index contributed by atoms with van der Waals surface area (Å²) in [6.07, 6.45) is 6.27.